The van der Waals surface area contributed by atoms with Gasteiger partial charge in [-0.05, 0) is 18.3 Å². The van der Waals surface area contributed by atoms with Crippen LogP contribution >= 0.6 is 0 Å². The first-order chi connectivity index (χ1) is 6.72. The number of hydrogen-bond donors (Lipinski definition) is 0. The van der Waals surface area contributed by atoms with E-state index in [-0.39, 0.29) is 0 Å². The molecule has 0 aromatic heterocycles. The van der Waals surface area contributed by atoms with Crippen LogP contribution in [-0.4, -0.2) is 13.1 Å². The van der Waals surface area contributed by atoms with E-state index in [0.717, 1.165) is 0 Å². The molecule has 0 aliphatic rings. The maximum atomic E-state index is 10.1. The molecule has 0 aliphatic heterocycles. The molecule has 0 N–H and O–H groups in total. The molecule has 1 unspecified atom stereocenters. The van der Waals surface area contributed by atoms with Crippen LogP contribution < -0.4 is 0 Å². The van der Waals surface area contributed by atoms with Crippen molar-refractivity contribution < 1.29 is 9.53 Å². The van der Waals surface area contributed by atoms with Crippen LogP contribution in [0.2, 0.25) is 0 Å². The van der Waals surface area contributed by atoms with Gasteiger partial charge < -0.3 is 4.74 Å². The van der Waals surface area contributed by atoms with Crippen LogP contribution in [0.1, 0.15) is 52.9 Å². The van der Waals surface area contributed by atoms with Crippen LogP contribution in [0.25, 0.3) is 0 Å². The van der Waals surface area contributed by atoms with Gasteiger partial charge in [0.1, 0.15) is 0 Å². The van der Waals surface area contributed by atoms with Crippen molar-refractivity contribution in [3.05, 3.63) is 0 Å². The van der Waals surface area contributed by atoms with E-state index in [4.69, 9.17) is 4.74 Å². The molecule has 0 saturated carbocycles. The first-order valence-corrected chi connectivity index (χ1v) is 5.77. The van der Waals surface area contributed by atoms with Gasteiger partial charge in [0.25, 0.3) is 6.47 Å². The highest BCUT2D eigenvalue weighted by Crippen LogP contribution is 2.19. The lowest BCUT2D eigenvalue weighted by atomic mass is 9.91. The van der Waals surface area contributed by atoms with Gasteiger partial charge in [-0.2, -0.15) is 0 Å². The van der Waals surface area contributed by atoms with E-state index in [0.29, 0.717) is 24.9 Å². The maximum absolute atomic E-state index is 10.1. The highest BCUT2D eigenvalue weighted by molar-refractivity contribution is 5.36. The molecular weight excluding hydrogens is 176 g/mol. The van der Waals surface area contributed by atoms with Crippen LogP contribution in [0.5, 0.6) is 0 Å². The fourth-order valence-corrected chi connectivity index (χ4v) is 1.61. The fraction of sp³-hybridized carbons (Fsp3) is 0.917. The van der Waals surface area contributed by atoms with Gasteiger partial charge in [-0.3, -0.25) is 4.79 Å². The molecule has 0 aromatic carbocycles. The third-order valence-corrected chi connectivity index (χ3v) is 2.75. The zero-order chi connectivity index (χ0) is 10.8. The molecule has 0 rings (SSSR count). The highest BCUT2D eigenvalue weighted by Gasteiger charge is 2.13. The average Bonchev–Trinajstić information content (AvgIpc) is 2.16. The maximum Gasteiger partial charge on any atom is 0.293 e. The van der Waals surface area contributed by atoms with Crippen LogP contribution in [-0.2, 0) is 9.53 Å². The van der Waals surface area contributed by atoms with E-state index in [1.165, 1.54) is 32.1 Å². The number of ether oxygens (including phenoxy) is 1. The lowest BCUT2D eigenvalue weighted by Gasteiger charge is -2.19. The lowest BCUT2D eigenvalue weighted by Crippen LogP contribution is -2.15. The molecule has 0 spiro atoms. The monoisotopic (exact) mass is 200 g/mol. The molecule has 0 bridgehead atoms. The summed E-state index contributed by atoms with van der Waals surface area (Å²) in [5.41, 5.74) is 0. The van der Waals surface area contributed by atoms with Crippen LogP contribution in [0, 0.1) is 11.8 Å². The van der Waals surface area contributed by atoms with Gasteiger partial charge in [0.15, 0.2) is 0 Å². The van der Waals surface area contributed by atoms with Crippen LogP contribution in [0.3, 0.4) is 0 Å². The number of rotatable bonds is 9. The minimum absolute atomic E-state index is 0.539. The van der Waals surface area contributed by atoms with Crippen molar-refractivity contribution in [3.8, 4) is 0 Å². The Kier molecular flexibility index (Phi) is 8.70. The molecule has 1 atom stereocenters. The number of unbranched alkanes of at least 4 members (excludes halogenated alkanes) is 3. The summed E-state index contributed by atoms with van der Waals surface area (Å²) in [5, 5.41) is 0. The summed E-state index contributed by atoms with van der Waals surface area (Å²) >= 11 is 0. The van der Waals surface area contributed by atoms with Crippen molar-refractivity contribution in [2.24, 2.45) is 11.8 Å². The minimum atomic E-state index is 0.539. The third kappa shape index (κ3) is 6.93. The molecule has 0 amide bonds. The van der Waals surface area contributed by atoms with E-state index < -0.39 is 0 Å². The van der Waals surface area contributed by atoms with Crippen molar-refractivity contribution in [1.29, 1.82) is 0 Å². The summed E-state index contributed by atoms with van der Waals surface area (Å²) < 4.78 is 4.83. The average molecular weight is 200 g/mol. The molecule has 0 heterocycles. The van der Waals surface area contributed by atoms with E-state index in [1.807, 2.05) is 0 Å². The zero-order valence-electron chi connectivity index (χ0n) is 9.79. The van der Waals surface area contributed by atoms with Gasteiger partial charge >= 0.3 is 0 Å². The molecule has 0 aromatic rings. The van der Waals surface area contributed by atoms with Crippen molar-refractivity contribution in [2.75, 3.05) is 6.61 Å². The Morgan fingerprint density at radius 1 is 1.21 bits per heavy atom. The fourth-order valence-electron chi connectivity index (χ4n) is 1.61. The predicted molar refractivity (Wildman–Crippen MR) is 59.1 cm³/mol. The second-order valence-electron chi connectivity index (χ2n) is 4.28. The van der Waals surface area contributed by atoms with Crippen LogP contribution in [0.15, 0.2) is 0 Å². The lowest BCUT2D eigenvalue weighted by molar-refractivity contribution is -0.130. The topological polar surface area (TPSA) is 26.3 Å². The largest absolute Gasteiger partial charge is 0.468 e. The molecule has 84 valence electrons. The number of carbonyl (C=O) groups is 1. The first kappa shape index (κ1) is 13.5. The Hall–Kier alpha value is -0.530. The Morgan fingerprint density at radius 3 is 2.43 bits per heavy atom. The Morgan fingerprint density at radius 2 is 1.93 bits per heavy atom. The van der Waals surface area contributed by atoms with Crippen LogP contribution in [0.4, 0.5) is 0 Å². The molecule has 14 heavy (non-hydrogen) atoms. The first-order valence-electron chi connectivity index (χ1n) is 5.77. The normalized spacial score (nSPS) is 12.9. The molecule has 0 fully saturated rings. The standard InChI is InChI=1S/C12H24O2/c1-4-5-6-7-8-12(11(2)3)9-14-10-13/h10-12H,4-9H2,1-3H3. The number of hydrogen-bond acceptors (Lipinski definition) is 2. The summed E-state index contributed by atoms with van der Waals surface area (Å²) in [6.07, 6.45) is 6.35. The van der Waals surface area contributed by atoms with Gasteiger partial charge in [0.2, 0.25) is 0 Å². The molecule has 2 heteroatoms. The van der Waals surface area contributed by atoms with Crippen molar-refractivity contribution >= 4 is 6.47 Å². The van der Waals surface area contributed by atoms with E-state index in [1.54, 1.807) is 0 Å². The zero-order valence-corrected chi connectivity index (χ0v) is 9.79. The van der Waals surface area contributed by atoms with E-state index in [9.17, 15) is 4.79 Å². The molecule has 2 nitrogen and oxygen atoms in total. The molecule has 0 radical (unpaired) electrons. The highest BCUT2D eigenvalue weighted by atomic mass is 16.5. The quantitative estimate of drug-likeness (QED) is 0.421. The predicted octanol–water partition coefficient (Wildman–Crippen LogP) is 3.40. The second-order valence-corrected chi connectivity index (χ2v) is 4.28. The Balaban J connectivity index is 3.56. The summed E-state index contributed by atoms with van der Waals surface area (Å²) in [6.45, 7) is 7.75. The molecular formula is C12H24O2. The Labute approximate surface area is 88.0 Å². The summed E-state index contributed by atoms with van der Waals surface area (Å²) in [4.78, 5) is 10.1. The minimum Gasteiger partial charge on any atom is -0.468 e. The SMILES string of the molecule is CCCCCCC(COC=O)C(C)C. The van der Waals surface area contributed by atoms with Gasteiger partial charge in [-0.25, -0.2) is 0 Å². The third-order valence-electron chi connectivity index (χ3n) is 2.75. The Bertz CT molecular complexity index is 132. The summed E-state index contributed by atoms with van der Waals surface area (Å²) in [6, 6.07) is 0. The van der Waals surface area contributed by atoms with E-state index >= 15 is 0 Å². The smallest absolute Gasteiger partial charge is 0.293 e. The molecule has 0 saturated heterocycles. The van der Waals surface area contributed by atoms with Crippen molar-refractivity contribution in [1.82, 2.24) is 0 Å². The number of carbonyl (C=O) groups excluding carboxylic acids is 1. The van der Waals surface area contributed by atoms with E-state index in [2.05, 4.69) is 20.8 Å². The second kappa shape index (κ2) is 9.04. The summed E-state index contributed by atoms with van der Waals surface area (Å²) in [5.74, 6) is 1.15. The van der Waals surface area contributed by atoms with Gasteiger partial charge in [0.05, 0.1) is 6.61 Å². The summed E-state index contributed by atoms with van der Waals surface area (Å²) in [7, 11) is 0. The van der Waals surface area contributed by atoms with Gasteiger partial charge in [0, 0.05) is 0 Å². The van der Waals surface area contributed by atoms with Gasteiger partial charge in [-0.1, -0.05) is 46.5 Å². The van der Waals surface area contributed by atoms with Crippen molar-refractivity contribution in [2.45, 2.75) is 52.9 Å². The van der Waals surface area contributed by atoms with Crippen molar-refractivity contribution in [3.63, 3.8) is 0 Å². The van der Waals surface area contributed by atoms with Gasteiger partial charge in [-0.15, -0.1) is 0 Å². The molecule has 0 aliphatic carbocycles.